The highest BCUT2D eigenvalue weighted by atomic mass is 16.6. The summed E-state index contributed by atoms with van der Waals surface area (Å²) >= 11 is 0. The number of carbonyl (C=O) groups excluding carboxylic acids is 1. The van der Waals surface area contributed by atoms with E-state index in [4.69, 9.17) is 4.79 Å². The van der Waals surface area contributed by atoms with Gasteiger partial charge in [0.05, 0.1) is 4.92 Å². The van der Waals surface area contributed by atoms with Gasteiger partial charge in [-0.2, -0.15) is 0 Å². The van der Waals surface area contributed by atoms with Gasteiger partial charge in [0.1, 0.15) is 0 Å². The van der Waals surface area contributed by atoms with Crippen molar-refractivity contribution in [2.75, 3.05) is 0 Å². The highest BCUT2D eigenvalue weighted by molar-refractivity contribution is 5.42. The fraction of sp³-hybridized carbons (Fsp3) is 0. The van der Waals surface area contributed by atoms with Crippen molar-refractivity contribution in [3.8, 4) is 0 Å². The summed E-state index contributed by atoms with van der Waals surface area (Å²) in [5.41, 5.74) is 1.62. The monoisotopic (exact) mass is 99.0 g/mol. The zero-order chi connectivity index (χ0) is 5.70. The number of hydrogen-bond acceptors (Lipinski definition) is 3. The lowest BCUT2D eigenvalue weighted by Gasteiger charge is -1.65. The van der Waals surface area contributed by atoms with E-state index >= 15 is 0 Å². The Labute approximate surface area is 38.9 Å². The quantitative estimate of drug-likeness (QED) is 0.197. The Hall–Kier alpha value is -1.37. The van der Waals surface area contributed by atoms with Crippen molar-refractivity contribution >= 4 is 5.94 Å². The van der Waals surface area contributed by atoms with Crippen molar-refractivity contribution in [2.45, 2.75) is 0 Å². The van der Waals surface area contributed by atoms with Crippen molar-refractivity contribution < 1.29 is 9.72 Å². The first-order valence-electron chi connectivity index (χ1n) is 1.37. The van der Waals surface area contributed by atoms with Crippen LogP contribution in [0.4, 0.5) is 0 Å². The summed E-state index contributed by atoms with van der Waals surface area (Å²) in [5, 5.41) is 9.27. The van der Waals surface area contributed by atoms with E-state index in [1.54, 1.807) is 5.73 Å². The summed E-state index contributed by atoms with van der Waals surface area (Å²) in [5.74, 6) is 1.10. The average Bonchev–Trinajstić information content (AvgIpc) is 1.61. The maximum Gasteiger partial charge on any atom is 0.287 e. The summed E-state index contributed by atoms with van der Waals surface area (Å²) in [6, 6.07) is 0. The van der Waals surface area contributed by atoms with Gasteiger partial charge in [-0.25, -0.2) is 4.79 Å². The second-order valence-corrected chi connectivity index (χ2v) is 0.661. The molecular weight excluding hydrogens is 98.0 g/mol. The van der Waals surface area contributed by atoms with E-state index in [2.05, 4.69) is 0 Å². The molecule has 0 aromatic heterocycles. The Morgan fingerprint density at radius 2 is 2.29 bits per heavy atom. The van der Waals surface area contributed by atoms with Gasteiger partial charge in [0.25, 0.3) is 6.20 Å². The van der Waals surface area contributed by atoms with Crippen LogP contribution < -0.4 is 0 Å². The first-order valence-corrected chi connectivity index (χ1v) is 1.37. The molecule has 0 aliphatic carbocycles. The molecule has 0 bridgehead atoms. The molecule has 4 heteroatoms. The van der Waals surface area contributed by atoms with Crippen LogP contribution in [0.3, 0.4) is 0 Å². The summed E-state index contributed by atoms with van der Waals surface area (Å²) in [4.78, 5) is 17.6. The fourth-order valence-electron chi connectivity index (χ4n) is 0.0791. The molecule has 0 fully saturated rings. The number of hydrogen-bond donors (Lipinski definition) is 0. The zero-order valence-electron chi connectivity index (χ0n) is 3.25. The van der Waals surface area contributed by atoms with Crippen LogP contribution in [0, 0.1) is 10.1 Å². The van der Waals surface area contributed by atoms with Crippen LogP contribution in [0.25, 0.3) is 0 Å². The highest BCUT2D eigenvalue weighted by Crippen LogP contribution is 1.61. The molecule has 36 valence electrons. The van der Waals surface area contributed by atoms with Gasteiger partial charge in [-0.05, 0) is 0 Å². The summed E-state index contributed by atoms with van der Waals surface area (Å²) < 4.78 is 0. The van der Waals surface area contributed by atoms with E-state index in [9.17, 15) is 10.1 Å². The van der Waals surface area contributed by atoms with Crippen molar-refractivity contribution in [2.24, 2.45) is 0 Å². The second-order valence-electron chi connectivity index (χ2n) is 0.661. The van der Waals surface area contributed by atoms with Crippen LogP contribution in [-0.2, 0) is 4.79 Å². The molecule has 4 nitrogen and oxygen atoms in total. The Morgan fingerprint density at radius 1 is 1.71 bits per heavy atom. The molecule has 7 heavy (non-hydrogen) atoms. The maximum atomic E-state index is 9.27. The predicted octanol–water partition coefficient (Wildman–Crippen LogP) is -0.237. The van der Waals surface area contributed by atoms with E-state index < -0.39 is 4.92 Å². The Bertz CT molecular complexity index is 150. The van der Waals surface area contributed by atoms with Gasteiger partial charge in [0.2, 0.25) is 0 Å². The van der Waals surface area contributed by atoms with Gasteiger partial charge in [-0.1, -0.05) is 0 Å². The van der Waals surface area contributed by atoms with E-state index in [1.807, 2.05) is 0 Å². The largest absolute Gasteiger partial charge is 0.287 e. The van der Waals surface area contributed by atoms with E-state index in [0.717, 1.165) is 5.94 Å². The molecule has 0 atom stereocenters. The van der Waals surface area contributed by atoms with Crippen molar-refractivity contribution in [3.63, 3.8) is 0 Å². The van der Waals surface area contributed by atoms with E-state index in [0.29, 0.717) is 6.20 Å². The molecule has 0 N–H and O–H groups in total. The number of nitrogens with zero attached hydrogens (tertiary/aromatic N) is 1. The molecule has 0 heterocycles. The molecule has 0 saturated heterocycles. The smallest absolute Gasteiger partial charge is 0.258 e. The van der Waals surface area contributed by atoms with Crippen molar-refractivity contribution in [1.29, 1.82) is 0 Å². The fourth-order valence-corrected chi connectivity index (χ4v) is 0.0791. The lowest BCUT2D eigenvalue weighted by atomic mass is 10.9. The molecule has 0 unspecified atom stereocenters. The van der Waals surface area contributed by atoms with Crippen LogP contribution in [0.5, 0.6) is 0 Å². The topological polar surface area (TPSA) is 60.2 Å². The van der Waals surface area contributed by atoms with Crippen molar-refractivity contribution in [1.82, 2.24) is 0 Å². The molecule has 0 amide bonds. The van der Waals surface area contributed by atoms with Crippen LogP contribution >= 0.6 is 0 Å². The molecule has 0 aromatic carbocycles. The summed E-state index contributed by atoms with van der Waals surface area (Å²) in [6.07, 6.45) is 0.396. The summed E-state index contributed by atoms with van der Waals surface area (Å²) in [7, 11) is 0. The Morgan fingerprint density at radius 3 is 2.43 bits per heavy atom. The molecule has 0 spiro atoms. The maximum absolute atomic E-state index is 9.27. The normalized spacial score (nSPS) is 5.71. The van der Waals surface area contributed by atoms with Gasteiger partial charge in [0, 0.05) is 5.73 Å². The van der Waals surface area contributed by atoms with Crippen LogP contribution in [-0.4, -0.2) is 10.9 Å². The average molecular weight is 99.0 g/mol. The molecule has 0 saturated carbocycles. The molecule has 0 aliphatic heterocycles. The predicted molar refractivity (Wildman–Crippen MR) is 20.8 cm³/mol. The van der Waals surface area contributed by atoms with Gasteiger partial charge >= 0.3 is 0 Å². The van der Waals surface area contributed by atoms with Gasteiger partial charge in [-0.3, -0.25) is 10.1 Å². The minimum Gasteiger partial charge on any atom is -0.258 e. The minimum absolute atomic E-state index is 0.396. The Kier molecular flexibility index (Phi) is 2.29. The van der Waals surface area contributed by atoms with Gasteiger partial charge in [0.15, 0.2) is 5.94 Å². The molecule has 0 radical (unpaired) electrons. The minimum atomic E-state index is -0.787. The SMILES string of the molecule is O=C=C=C[N+](=O)[O-]. The number of rotatable bonds is 1. The lowest BCUT2D eigenvalue weighted by Crippen LogP contribution is -1.78. The summed E-state index contributed by atoms with van der Waals surface area (Å²) in [6.45, 7) is 0. The molecular formula is C3HNO3. The van der Waals surface area contributed by atoms with Crippen LogP contribution in [0.2, 0.25) is 0 Å². The third-order valence-electron chi connectivity index (χ3n) is 0.229. The number of nitro groups is 1. The van der Waals surface area contributed by atoms with Crippen LogP contribution in [0.1, 0.15) is 0 Å². The van der Waals surface area contributed by atoms with E-state index in [1.165, 1.54) is 0 Å². The Balaban J connectivity index is 3.96. The first-order chi connectivity index (χ1) is 3.27. The first kappa shape index (κ1) is 5.63. The van der Waals surface area contributed by atoms with Gasteiger partial charge in [-0.15, -0.1) is 0 Å². The molecule has 0 aromatic rings. The molecule has 0 rings (SSSR count). The second kappa shape index (κ2) is 2.85. The van der Waals surface area contributed by atoms with Crippen molar-refractivity contribution in [3.05, 3.63) is 22.0 Å². The standard InChI is InChI=1S/C3HNO3/c5-3-1-2-4(6)7/h2H. The lowest BCUT2D eigenvalue weighted by molar-refractivity contribution is -0.402. The van der Waals surface area contributed by atoms with Crippen LogP contribution in [0.15, 0.2) is 11.9 Å². The molecule has 0 aliphatic rings. The zero-order valence-corrected chi connectivity index (χ0v) is 3.25. The van der Waals surface area contributed by atoms with E-state index in [-0.39, 0.29) is 0 Å². The third-order valence-corrected chi connectivity index (χ3v) is 0.229. The third kappa shape index (κ3) is 4.63. The van der Waals surface area contributed by atoms with Gasteiger partial charge < -0.3 is 0 Å². The highest BCUT2D eigenvalue weighted by Gasteiger charge is 1.75.